The summed E-state index contributed by atoms with van der Waals surface area (Å²) in [4.78, 5) is 11.3. The predicted molar refractivity (Wildman–Crippen MR) is 58.6 cm³/mol. The molecular formula is C13H14F2O2. The van der Waals surface area contributed by atoms with Crippen LogP contribution in [0, 0.1) is 17.0 Å². The lowest BCUT2D eigenvalue weighted by atomic mass is 9.80. The van der Waals surface area contributed by atoms with E-state index in [9.17, 15) is 18.7 Å². The van der Waals surface area contributed by atoms with Crippen molar-refractivity contribution in [3.8, 4) is 0 Å². The molecule has 0 atom stereocenters. The molecule has 0 saturated heterocycles. The second kappa shape index (κ2) is 4.43. The van der Waals surface area contributed by atoms with Gasteiger partial charge in [-0.2, -0.15) is 0 Å². The maximum Gasteiger partial charge on any atom is 0.309 e. The van der Waals surface area contributed by atoms with Gasteiger partial charge in [-0.1, -0.05) is 18.9 Å². The monoisotopic (exact) mass is 240 g/mol. The van der Waals surface area contributed by atoms with Gasteiger partial charge >= 0.3 is 5.97 Å². The van der Waals surface area contributed by atoms with E-state index in [1.165, 1.54) is 12.1 Å². The summed E-state index contributed by atoms with van der Waals surface area (Å²) in [5.74, 6) is -2.17. The van der Waals surface area contributed by atoms with Crippen molar-refractivity contribution in [2.24, 2.45) is 5.41 Å². The summed E-state index contributed by atoms with van der Waals surface area (Å²) in [7, 11) is 0. The van der Waals surface area contributed by atoms with Crippen LogP contribution in [0.2, 0.25) is 0 Å². The standard InChI is InChI=1S/C13H14F2O2/c14-10-4-3-9(11(15)7-10)8-13(12(16)17)5-1-2-6-13/h3-4,7H,1-2,5-6,8H2,(H,16,17). The SMILES string of the molecule is O=C(O)C1(Cc2ccc(F)cc2F)CCCC1. The number of carboxylic acid groups (broad SMARTS) is 1. The van der Waals surface area contributed by atoms with Gasteiger partial charge in [-0.3, -0.25) is 4.79 Å². The lowest BCUT2D eigenvalue weighted by Crippen LogP contribution is -2.30. The molecule has 92 valence electrons. The number of hydrogen-bond acceptors (Lipinski definition) is 1. The number of hydrogen-bond donors (Lipinski definition) is 1. The number of carbonyl (C=O) groups is 1. The van der Waals surface area contributed by atoms with Crippen molar-refractivity contribution in [3.63, 3.8) is 0 Å². The van der Waals surface area contributed by atoms with E-state index in [0.717, 1.165) is 18.9 Å². The number of halogens is 2. The highest BCUT2D eigenvalue weighted by molar-refractivity contribution is 5.75. The molecule has 0 spiro atoms. The molecule has 1 aliphatic rings. The molecule has 1 aliphatic carbocycles. The summed E-state index contributed by atoms with van der Waals surface area (Å²) in [6.45, 7) is 0. The van der Waals surface area contributed by atoms with E-state index in [1.807, 2.05) is 0 Å². The number of carboxylic acids is 1. The Hall–Kier alpha value is -1.45. The molecule has 1 N–H and O–H groups in total. The van der Waals surface area contributed by atoms with Crippen molar-refractivity contribution < 1.29 is 18.7 Å². The normalized spacial score (nSPS) is 18.2. The molecule has 0 unspecified atom stereocenters. The van der Waals surface area contributed by atoms with E-state index in [-0.39, 0.29) is 12.0 Å². The van der Waals surface area contributed by atoms with Crippen LogP contribution >= 0.6 is 0 Å². The van der Waals surface area contributed by atoms with E-state index in [1.54, 1.807) is 0 Å². The quantitative estimate of drug-likeness (QED) is 0.881. The number of aliphatic carboxylic acids is 1. The van der Waals surface area contributed by atoms with E-state index in [0.29, 0.717) is 12.8 Å². The smallest absolute Gasteiger partial charge is 0.309 e. The average molecular weight is 240 g/mol. The summed E-state index contributed by atoms with van der Waals surface area (Å²) < 4.78 is 26.3. The second-order valence-electron chi connectivity index (χ2n) is 4.71. The van der Waals surface area contributed by atoms with Crippen LogP contribution in [0.5, 0.6) is 0 Å². The highest BCUT2D eigenvalue weighted by Gasteiger charge is 2.41. The minimum atomic E-state index is -0.876. The summed E-state index contributed by atoms with van der Waals surface area (Å²) in [5.41, 5.74) is -0.575. The van der Waals surface area contributed by atoms with Crippen LogP contribution in [-0.4, -0.2) is 11.1 Å². The Morgan fingerprint density at radius 3 is 2.47 bits per heavy atom. The van der Waals surface area contributed by atoms with Crippen LogP contribution in [0.3, 0.4) is 0 Å². The Kier molecular flexibility index (Phi) is 3.13. The van der Waals surface area contributed by atoms with Crippen LogP contribution in [0.25, 0.3) is 0 Å². The summed E-state index contributed by atoms with van der Waals surface area (Å²) in [6.07, 6.45) is 3.00. The molecule has 17 heavy (non-hydrogen) atoms. The zero-order valence-electron chi connectivity index (χ0n) is 9.38. The Labute approximate surface area is 98.3 Å². The van der Waals surface area contributed by atoms with Gasteiger partial charge in [0.25, 0.3) is 0 Å². The van der Waals surface area contributed by atoms with Crippen molar-refractivity contribution in [1.82, 2.24) is 0 Å². The molecule has 0 aromatic heterocycles. The van der Waals surface area contributed by atoms with Crippen LogP contribution in [0.15, 0.2) is 18.2 Å². The molecule has 2 nitrogen and oxygen atoms in total. The summed E-state index contributed by atoms with van der Waals surface area (Å²) >= 11 is 0. The zero-order valence-corrected chi connectivity index (χ0v) is 9.38. The van der Waals surface area contributed by atoms with Gasteiger partial charge in [0.2, 0.25) is 0 Å². The molecule has 1 aromatic rings. The third-order valence-electron chi connectivity index (χ3n) is 3.56. The summed E-state index contributed by atoms with van der Waals surface area (Å²) in [6, 6.07) is 3.32. The van der Waals surface area contributed by atoms with Gasteiger partial charge in [0.1, 0.15) is 11.6 Å². The fraction of sp³-hybridized carbons (Fsp3) is 0.462. The first-order valence-corrected chi connectivity index (χ1v) is 5.71. The molecule has 0 radical (unpaired) electrons. The third-order valence-corrected chi connectivity index (χ3v) is 3.56. The molecular weight excluding hydrogens is 226 g/mol. The molecule has 1 aromatic carbocycles. The maximum atomic E-state index is 13.5. The first-order valence-electron chi connectivity index (χ1n) is 5.71. The van der Waals surface area contributed by atoms with Gasteiger partial charge in [-0.15, -0.1) is 0 Å². The van der Waals surface area contributed by atoms with E-state index < -0.39 is 23.0 Å². The molecule has 1 fully saturated rings. The topological polar surface area (TPSA) is 37.3 Å². The minimum absolute atomic E-state index is 0.147. The Bertz CT molecular complexity index is 437. The Morgan fingerprint density at radius 1 is 1.29 bits per heavy atom. The van der Waals surface area contributed by atoms with Crippen LogP contribution in [-0.2, 0) is 11.2 Å². The zero-order chi connectivity index (χ0) is 12.5. The maximum absolute atomic E-state index is 13.5. The highest BCUT2D eigenvalue weighted by Crippen LogP contribution is 2.41. The highest BCUT2D eigenvalue weighted by atomic mass is 19.1. The number of benzene rings is 1. The molecule has 4 heteroatoms. The fourth-order valence-electron chi connectivity index (χ4n) is 2.55. The van der Waals surface area contributed by atoms with Gasteiger partial charge in [-0.05, 0) is 30.9 Å². The third kappa shape index (κ3) is 2.30. The van der Waals surface area contributed by atoms with Gasteiger partial charge in [0.05, 0.1) is 5.41 Å². The van der Waals surface area contributed by atoms with Crippen molar-refractivity contribution in [2.45, 2.75) is 32.1 Å². The predicted octanol–water partition coefficient (Wildman–Crippen LogP) is 3.15. The van der Waals surface area contributed by atoms with Crippen LogP contribution in [0.1, 0.15) is 31.2 Å². The molecule has 0 heterocycles. The molecule has 0 aliphatic heterocycles. The fourth-order valence-corrected chi connectivity index (χ4v) is 2.55. The van der Waals surface area contributed by atoms with Crippen molar-refractivity contribution >= 4 is 5.97 Å². The Morgan fingerprint density at radius 2 is 1.94 bits per heavy atom. The van der Waals surface area contributed by atoms with Gasteiger partial charge in [0, 0.05) is 6.07 Å². The lowest BCUT2D eigenvalue weighted by Gasteiger charge is -2.23. The van der Waals surface area contributed by atoms with E-state index in [2.05, 4.69) is 0 Å². The molecule has 1 saturated carbocycles. The van der Waals surface area contributed by atoms with Crippen LogP contribution < -0.4 is 0 Å². The average Bonchev–Trinajstić information content (AvgIpc) is 2.72. The summed E-state index contributed by atoms with van der Waals surface area (Å²) in [5, 5.41) is 9.27. The van der Waals surface area contributed by atoms with Gasteiger partial charge in [-0.25, -0.2) is 8.78 Å². The number of rotatable bonds is 3. The lowest BCUT2D eigenvalue weighted by molar-refractivity contribution is -0.148. The van der Waals surface area contributed by atoms with Crippen molar-refractivity contribution in [1.29, 1.82) is 0 Å². The van der Waals surface area contributed by atoms with E-state index in [4.69, 9.17) is 0 Å². The molecule has 0 amide bonds. The van der Waals surface area contributed by atoms with Gasteiger partial charge < -0.3 is 5.11 Å². The van der Waals surface area contributed by atoms with Crippen LogP contribution in [0.4, 0.5) is 8.78 Å². The molecule has 0 bridgehead atoms. The van der Waals surface area contributed by atoms with Crippen molar-refractivity contribution in [2.75, 3.05) is 0 Å². The Balaban J connectivity index is 2.26. The largest absolute Gasteiger partial charge is 0.481 e. The second-order valence-corrected chi connectivity index (χ2v) is 4.71. The first kappa shape index (κ1) is 12.0. The van der Waals surface area contributed by atoms with Gasteiger partial charge in [0.15, 0.2) is 0 Å². The molecule has 2 rings (SSSR count). The van der Waals surface area contributed by atoms with E-state index >= 15 is 0 Å². The first-order chi connectivity index (χ1) is 8.03. The minimum Gasteiger partial charge on any atom is -0.481 e. The van der Waals surface area contributed by atoms with Crippen molar-refractivity contribution in [3.05, 3.63) is 35.4 Å².